The number of amides is 1. The molecule has 1 heterocycles. The highest BCUT2D eigenvalue weighted by molar-refractivity contribution is 9.10. The SMILES string of the molecule is Cc1cc(C(=O)Nc2cccc3cc(Br)ccc23)c2oc3ccccc3c2c1. The third kappa shape index (κ3) is 2.77. The average Bonchev–Trinajstić information content (AvgIpc) is 3.06. The van der Waals surface area contributed by atoms with Gasteiger partial charge in [0.25, 0.3) is 5.91 Å². The minimum atomic E-state index is -0.178. The highest BCUT2D eigenvalue weighted by Gasteiger charge is 2.17. The van der Waals surface area contributed by atoms with Crippen molar-refractivity contribution in [2.45, 2.75) is 6.92 Å². The number of carbonyl (C=O) groups is 1. The van der Waals surface area contributed by atoms with E-state index in [1.807, 2.05) is 73.7 Å². The molecule has 0 saturated carbocycles. The van der Waals surface area contributed by atoms with Crippen LogP contribution in [0.2, 0.25) is 0 Å². The Bertz CT molecular complexity index is 1380. The second kappa shape index (κ2) is 6.50. The van der Waals surface area contributed by atoms with Crippen molar-refractivity contribution in [2.24, 2.45) is 0 Å². The van der Waals surface area contributed by atoms with Crippen LogP contribution in [0.5, 0.6) is 0 Å². The van der Waals surface area contributed by atoms with Gasteiger partial charge >= 0.3 is 0 Å². The minimum absolute atomic E-state index is 0.178. The van der Waals surface area contributed by atoms with Crippen molar-refractivity contribution in [3.05, 3.63) is 88.4 Å². The number of hydrogen-bond acceptors (Lipinski definition) is 2. The summed E-state index contributed by atoms with van der Waals surface area (Å²) < 4.78 is 7.04. The van der Waals surface area contributed by atoms with Gasteiger partial charge < -0.3 is 9.73 Å². The van der Waals surface area contributed by atoms with Crippen LogP contribution in [0.15, 0.2) is 81.7 Å². The second-order valence-electron chi connectivity index (χ2n) is 6.91. The monoisotopic (exact) mass is 429 g/mol. The number of rotatable bonds is 2. The van der Waals surface area contributed by atoms with Crippen LogP contribution in [0, 0.1) is 6.92 Å². The molecule has 0 fully saturated rings. The van der Waals surface area contributed by atoms with Crippen LogP contribution in [0.3, 0.4) is 0 Å². The van der Waals surface area contributed by atoms with Gasteiger partial charge in [0.2, 0.25) is 0 Å². The Labute approximate surface area is 170 Å². The van der Waals surface area contributed by atoms with Gasteiger partial charge in [-0.05, 0) is 54.3 Å². The smallest absolute Gasteiger partial charge is 0.259 e. The lowest BCUT2D eigenvalue weighted by Crippen LogP contribution is -2.12. The fourth-order valence-electron chi connectivity index (χ4n) is 3.69. The predicted molar refractivity (Wildman–Crippen MR) is 118 cm³/mol. The van der Waals surface area contributed by atoms with Crippen LogP contribution in [0.4, 0.5) is 5.69 Å². The van der Waals surface area contributed by atoms with Crippen LogP contribution in [-0.4, -0.2) is 5.91 Å². The highest BCUT2D eigenvalue weighted by Crippen LogP contribution is 2.33. The molecule has 136 valence electrons. The Morgan fingerprint density at radius 1 is 0.893 bits per heavy atom. The number of benzene rings is 4. The molecular formula is C24H16BrNO2. The zero-order valence-electron chi connectivity index (χ0n) is 15.1. The Kier molecular flexibility index (Phi) is 3.95. The topological polar surface area (TPSA) is 42.2 Å². The van der Waals surface area contributed by atoms with Crippen LogP contribution < -0.4 is 5.32 Å². The van der Waals surface area contributed by atoms with Gasteiger partial charge in [-0.3, -0.25) is 4.79 Å². The standard InChI is InChI=1S/C24H16BrNO2/c1-14-11-19-18-6-2-3-8-22(18)28-23(19)20(12-14)24(27)26-21-7-4-5-15-13-16(25)9-10-17(15)21/h2-13H,1H3,(H,26,27). The Hall–Kier alpha value is -3.11. The maximum absolute atomic E-state index is 13.2. The van der Waals surface area contributed by atoms with Gasteiger partial charge in [-0.25, -0.2) is 0 Å². The van der Waals surface area contributed by atoms with Gasteiger partial charge in [0.15, 0.2) is 0 Å². The molecule has 0 saturated heterocycles. The molecule has 0 spiro atoms. The molecular weight excluding hydrogens is 414 g/mol. The van der Waals surface area contributed by atoms with Gasteiger partial charge in [-0.2, -0.15) is 0 Å². The largest absolute Gasteiger partial charge is 0.455 e. The molecule has 5 aromatic rings. The molecule has 0 aliphatic carbocycles. The summed E-state index contributed by atoms with van der Waals surface area (Å²) in [5.41, 5.74) is 3.74. The van der Waals surface area contributed by atoms with Gasteiger partial charge in [0, 0.05) is 26.3 Å². The quantitative estimate of drug-likeness (QED) is 0.326. The fraction of sp³-hybridized carbons (Fsp3) is 0.0417. The molecule has 3 nitrogen and oxygen atoms in total. The minimum Gasteiger partial charge on any atom is -0.455 e. The molecule has 1 aromatic heterocycles. The number of furan rings is 1. The Morgan fingerprint density at radius 3 is 2.64 bits per heavy atom. The lowest BCUT2D eigenvalue weighted by Gasteiger charge is -2.10. The zero-order chi connectivity index (χ0) is 19.3. The van der Waals surface area contributed by atoms with Crippen LogP contribution >= 0.6 is 15.9 Å². The summed E-state index contributed by atoms with van der Waals surface area (Å²) >= 11 is 3.50. The maximum atomic E-state index is 13.2. The lowest BCUT2D eigenvalue weighted by atomic mass is 10.0. The van der Waals surface area contributed by atoms with Crippen molar-refractivity contribution < 1.29 is 9.21 Å². The van der Waals surface area contributed by atoms with Gasteiger partial charge in [-0.1, -0.05) is 52.3 Å². The van der Waals surface area contributed by atoms with E-state index in [-0.39, 0.29) is 5.91 Å². The number of anilines is 1. The van der Waals surface area contributed by atoms with E-state index in [4.69, 9.17) is 4.42 Å². The van der Waals surface area contributed by atoms with Crippen LogP contribution in [-0.2, 0) is 0 Å². The number of halogens is 1. The van der Waals surface area contributed by atoms with Crippen molar-refractivity contribution in [3.63, 3.8) is 0 Å². The molecule has 1 N–H and O–H groups in total. The van der Waals surface area contributed by atoms with Gasteiger partial charge in [-0.15, -0.1) is 0 Å². The maximum Gasteiger partial charge on any atom is 0.259 e. The third-order valence-electron chi connectivity index (χ3n) is 4.96. The van der Waals surface area contributed by atoms with E-state index in [9.17, 15) is 4.79 Å². The predicted octanol–water partition coefficient (Wildman–Crippen LogP) is 7.06. The number of carbonyl (C=O) groups excluding carboxylic acids is 1. The summed E-state index contributed by atoms with van der Waals surface area (Å²) in [6, 6.07) is 23.7. The molecule has 4 heteroatoms. The Balaban J connectivity index is 1.64. The van der Waals surface area contributed by atoms with E-state index in [2.05, 4.69) is 27.3 Å². The van der Waals surface area contributed by atoms with E-state index < -0.39 is 0 Å². The number of fused-ring (bicyclic) bond motifs is 4. The second-order valence-corrected chi connectivity index (χ2v) is 7.83. The summed E-state index contributed by atoms with van der Waals surface area (Å²) in [5, 5.41) is 7.10. The number of para-hydroxylation sites is 1. The first-order valence-electron chi connectivity index (χ1n) is 9.02. The average molecular weight is 430 g/mol. The first-order chi connectivity index (χ1) is 13.6. The van der Waals surface area contributed by atoms with Crippen molar-refractivity contribution in [3.8, 4) is 0 Å². The van der Waals surface area contributed by atoms with E-state index >= 15 is 0 Å². The van der Waals surface area contributed by atoms with Crippen molar-refractivity contribution in [1.82, 2.24) is 0 Å². The van der Waals surface area contributed by atoms with Gasteiger partial charge in [0.1, 0.15) is 11.2 Å². The summed E-state index contributed by atoms with van der Waals surface area (Å²) in [5.74, 6) is -0.178. The number of hydrogen-bond donors (Lipinski definition) is 1. The van der Waals surface area contributed by atoms with E-state index in [1.165, 1.54) is 0 Å². The molecule has 0 unspecified atom stereocenters. The van der Waals surface area contributed by atoms with Crippen LogP contribution in [0.25, 0.3) is 32.7 Å². The van der Waals surface area contributed by atoms with E-state index in [0.717, 1.165) is 42.9 Å². The molecule has 0 aliphatic heterocycles. The van der Waals surface area contributed by atoms with E-state index in [1.54, 1.807) is 0 Å². The molecule has 0 aliphatic rings. The summed E-state index contributed by atoms with van der Waals surface area (Å²) in [7, 11) is 0. The number of nitrogens with one attached hydrogen (secondary N) is 1. The zero-order valence-corrected chi connectivity index (χ0v) is 16.7. The molecule has 5 rings (SSSR count). The van der Waals surface area contributed by atoms with Crippen molar-refractivity contribution >= 4 is 60.2 Å². The number of aryl methyl sites for hydroxylation is 1. The highest BCUT2D eigenvalue weighted by atomic mass is 79.9. The van der Waals surface area contributed by atoms with E-state index in [0.29, 0.717) is 11.1 Å². The first kappa shape index (κ1) is 17.0. The Morgan fingerprint density at radius 2 is 1.75 bits per heavy atom. The van der Waals surface area contributed by atoms with Crippen LogP contribution in [0.1, 0.15) is 15.9 Å². The molecule has 28 heavy (non-hydrogen) atoms. The summed E-state index contributed by atoms with van der Waals surface area (Å²) in [6.07, 6.45) is 0. The third-order valence-corrected chi connectivity index (χ3v) is 5.45. The van der Waals surface area contributed by atoms with Crippen molar-refractivity contribution in [2.75, 3.05) is 5.32 Å². The normalized spacial score (nSPS) is 11.4. The molecule has 0 radical (unpaired) electrons. The first-order valence-corrected chi connectivity index (χ1v) is 9.81. The lowest BCUT2D eigenvalue weighted by molar-refractivity contribution is 0.102. The van der Waals surface area contributed by atoms with Crippen molar-refractivity contribution in [1.29, 1.82) is 0 Å². The summed E-state index contributed by atoms with van der Waals surface area (Å²) in [6.45, 7) is 1.99. The van der Waals surface area contributed by atoms with Gasteiger partial charge in [0.05, 0.1) is 5.56 Å². The fourth-order valence-corrected chi connectivity index (χ4v) is 4.07. The molecule has 0 atom stereocenters. The summed E-state index contributed by atoms with van der Waals surface area (Å²) in [4.78, 5) is 13.2. The molecule has 0 bridgehead atoms. The molecule has 4 aromatic carbocycles. The molecule has 1 amide bonds.